The highest BCUT2D eigenvalue weighted by Crippen LogP contribution is 2.35. The van der Waals surface area contributed by atoms with E-state index in [0.29, 0.717) is 10.9 Å². The Balaban J connectivity index is 2.62. The van der Waals surface area contributed by atoms with Crippen LogP contribution in [0.15, 0.2) is 30.3 Å². The number of nitrogens with zero attached hydrogens (tertiary/aromatic N) is 1. The molecule has 2 N–H and O–H groups in total. The second-order valence-electron chi connectivity index (χ2n) is 3.80. The summed E-state index contributed by atoms with van der Waals surface area (Å²) in [5.41, 5.74) is 5.59. The average Bonchev–Trinajstić information content (AvgIpc) is 2.35. The maximum atomic E-state index is 12.6. The number of rotatable bonds is 2. The van der Waals surface area contributed by atoms with Crippen LogP contribution in [0.3, 0.4) is 0 Å². The lowest BCUT2D eigenvalue weighted by atomic mass is 10.1. The van der Waals surface area contributed by atoms with Gasteiger partial charge in [-0.1, -0.05) is 18.2 Å². The van der Waals surface area contributed by atoms with E-state index >= 15 is 0 Å². The summed E-state index contributed by atoms with van der Waals surface area (Å²) in [6.45, 7) is 0. The van der Waals surface area contributed by atoms with Gasteiger partial charge in [0.1, 0.15) is 6.04 Å². The number of alkyl halides is 3. The highest BCUT2D eigenvalue weighted by atomic mass is 19.4. The molecule has 0 aliphatic carbocycles. The Morgan fingerprint density at radius 2 is 1.94 bits per heavy atom. The third-order valence-electron chi connectivity index (χ3n) is 2.60. The maximum absolute atomic E-state index is 12.6. The van der Waals surface area contributed by atoms with Crippen molar-refractivity contribution in [3.63, 3.8) is 0 Å². The van der Waals surface area contributed by atoms with Crippen LogP contribution in [-0.4, -0.2) is 18.3 Å². The zero-order valence-electron chi connectivity index (χ0n) is 9.53. The highest BCUT2D eigenvalue weighted by Gasteiger charge is 2.40. The van der Waals surface area contributed by atoms with Crippen molar-refractivity contribution in [3.05, 3.63) is 35.9 Å². The fourth-order valence-electron chi connectivity index (χ4n) is 1.68. The van der Waals surface area contributed by atoms with E-state index in [-0.39, 0.29) is 11.4 Å². The smallest absolute Gasteiger partial charge is 0.407 e. The zero-order chi connectivity index (χ0) is 13.3. The van der Waals surface area contributed by atoms with Gasteiger partial charge in [-0.25, -0.2) is 4.98 Å². The third kappa shape index (κ3) is 2.24. The Bertz CT molecular complexity index is 569. The Morgan fingerprint density at radius 3 is 2.56 bits per heavy atom. The number of pyridine rings is 1. The molecule has 0 aliphatic rings. The van der Waals surface area contributed by atoms with Crippen molar-refractivity contribution in [3.8, 4) is 5.88 Å². The van der Waals surface area contributed by atoms with Crippen LogP contribution in [0.1, 0.15) is 11.6 Å². The van der Waals surface area contributed by atoms with E-state index in [1.165, 1.54) is 13.2 Å². The number of ether oxygens (including phenoxy) is 1. The van der Waals surface area contributed by atoms with Gasteiger partial charge in [-0.15, -0.1) is 0 Å². The largest absolute Gasteiger partial charge is 0.481 e. The molecule has 18 heavy (non-hydrogen) atoms. The number of methoxy groups -OCH3 is 1. The van der Waals surface area contributed by atoms with Crippen LogP contribution in [0.5, 0.6) is 5.88 Å². The molecule has 1 atom stereocenters. The number of hydrogen-bond acceptors (Lipinski definition) is 3. The maximum Gasteiger partial charge on any atom is 0.407 e. The summed E-state index contributed by atoms with van der Waals surface area (Å²) in [7, 11) is 1.27. The van der Waals surface area contributed by atoms with Gasteiger partial charge in [0, 0.05) is 10.9 Å². The molecule has 0 spiro atoms. The number of aromatic nitrogens is 1. The Hall–Kier alpha value is -1.82. The molecule has 1 unspecified atom stereocenters. The van der Waals surface area contributed by atoms with Gasteiger partial charge in [0.25, 0.3) is 0 Å². The minimum atomic E-state index is -4.53. The van der Waals surface area contributed by atoms with E-state index in [1.54, 1.807) is 24.3 Å². The lowest BCUT2D eigenvalue weighted by molar-refractivity contribution is -0.149. The first kappa shape index (κ1) is 12.6. The molecule has 96 valence electrons. The topological polar surface area (TPSA) is 48.1 Å². The van der Waals surface area contributed by atoms with Gasteiger partial charge in [0.2, 0.25) is 5.88 Å². The molecule has 0 radical (unpaired) electrons. The molecule has 0 saturated heterocycles. The van der Waals surface area contributed by atoms with Crippen molar-refractivity contribution in [2.45, 2.75) is 12.2 Å². The van der Waals surface area contributed by atoms with E-state index in [0.717, 1.165) is 0 Å². The van der Waals surface area contributed by atoms with E-state index in [2.05, 4.69) is 4.98 Å². The van der Waals surface area contributed by atoms with Crippen molar-refractivity contribution in [1.29, 1.82) is 0 Å². The van der Waals surface area contributed by atoms with Crippen LogP contribution in [0.25, 0.3) is 10.9 Å². The molecule has 0 saturated carbocycles. The number of benzene rings is 1. The molecule has 0 bridgehead atoms. The van der Waals surface area contributed by atoms with Gasteiger partial charge in [0.05, 0.1) is 12.6 Å². The first-order chi connectivity index (χ1) is 8.43. The first-order valence-corrected chi connectivity index (χ1v) is 5.19. The van der Waals surface area contributed by atoms with Crippen molar-refractivity contribution in [1.82, 2.24) is 4.98 Å². The summed E-state index contributed by atoms with van der Waals surface area (Å²) >= 11 is 0. The second-order valence-corrected chi connectivity index (χ2v) is 3.80. The zero-order valence-corrected chi connectivity index (χ0v) is 9.53. The second kappa shape index (κ2) is 4.45. The van der Waals surface area contributed by atoms with Crippen LogP contribution >= 0.6 is 0 Å². The lowest BCUT2D eigenvalue weighted by Crippen LogP contribution is -2.29. The molecule has 0 amide bonds. The molecule has 2 rings (SSSR count). The molecule has 6 heteroatoms. The molecule has 1 aromatic carbocycles. The number of para-hydroxylation sites is 1. The van der Waals surface area contributed by atoms with Gasteiger partial charge in [-0.2, -0.15) is 13.2 Å². The van der Waals surface area contributed by atoms with Crippen molar-refractivity contribution in [2.75, 3.05) is 7.11 Å². The highest BCUT2D eigenvalue weighted by molar-refractivity contribution is 5.80. The number of nitrogens with two attached hydrogens (primary N) is 1. The van der Waals surface area contributed by atoms with Crippen LogP contribution in [-0.2, 0) is 0 Å². The quantitative estimate of drug-likeness (QED) is 0.898. The van der Waals surface area contributed by atoms with Gasteiger partial charge in [-0.3, -0.25) is 0 Å². The normalized spacial score (nSPS) is 13.6. The van der Waals surface area contributed by atoms with Crippen molar-refractivity contribution < 1.29 is 17.9 Å². The Labute approximate surface area is 101 Å². The summed E-state index contributed by atoms with van der Waals surface area (Å²) in [5.74, 6) is -0.0986. The van der Waals surface area contributed by atoms with Crippen molar-refractivity contribution >= 4 is 10.9 Å². The predicted octanol–water partition coefficient (Wildman–Crippen LogP) is 2.81. The van der Waals surface area contributed by atoms with E-state index in [4.69, 9.17) is 10.5 Å². The summed E-state index contributed by atoms with van der Waals surface area (Å²) in [6.07, 6.45) is -4.53. The van der Waals surface area contributed by atoms with Gasteiger partial charge < -0.3 is 10.5 Å². The van der Waals surface area contributed by atoms with E-state index < -0.39 is 12.2 Å². The molecule has 3 nitrogen and oxygen atoms in total. The molecular weight excluding hydrogens is 245 g/mol. The Morgan fingerprint density at radius 1 is 1.28 bits per heavy atom. The fraction of sp³-hybridized carbons (Fsp3) is 0.250. The Kier molecular flexibility index (Phi) is 3.13. The van der Waals surface area contributed by atoms with Crippen molar-refractivity contribution in [2.24, 2.45) is 5.73 Å². The molecule has 0 aliphatic heterocycles. The molecule has 0 fully saturated rings. The number of halogens is 3. The van der Waals surface area contributed by atoms with Crippen LogP contribution < -0.4 is 10.5 Å². The summed E-state index contributed by atoms with van der Waals surface area (Å²) < 4.78 is 42.8. The van der Waals surface area contributed by atoms with Crippen LogP contribution in [0.2, 0.25) is 0 Å². The first-order valence-electron chi connectivity index (χ1n) is 5.19. The molecule has 1 heterocycles. The monoisotopic (exact) mass is 256 g/mol. The molecular formula is C12H11F3N2O. The van der Waals surface area contributed by atoms with Gasteiger partial charge >= 0.3 is 6.18 Å². The fourth-order valence-corrected chi connectivity index (χ4v) is 1.68. The summed E-state index contributed by atoms with van der Waals surface area (Å²) in [5, 5.41) is 0.591. The average molecular weight is 256 g/mol. The minimum absolute atomic E-state index is 0.0986. The van der Waals surface area contributed by atoms with Gasteiger partial charge in [-0.05, 0) is 12.1 Å². The SMILES string of the molecule is COc1nc2ccccc2cc1C(N)C(F)(F)F. The van der Waals surface area contributed by atoms with Crippen LogP contribution in [0.4, 0.5) is 13.2 Å². The predicted molar refractivity (Wildman–Crippen MR) is 61.3 cm³/mol. The summed E-state index contributed by atoms with van der Waals surface area (Å²) in [6, 6.07) is 6.09. The van der Waals surface area contributed by atoms with Gasteiger partial charge in [0.15, 0.2) is 0 Å². The summed E-state index contributed by atoms with van der Waals surface area (Å²) in [4.78, 5) is 4.03. The number of fused-ring (bicyclic) bond motifs is 1. The number of hydrogen-bond donors (Lipinski definition) is 1. The molecule has 2 aromatic rings. The lowest BCUT2D eigenvalue weighted by Gasteiger charge is -2.18. The standard InChI is InChI=1S/C12H11F3N2O/c1-18-11-8(10(16)12(13,14)15)6-7-4-2-3-5-9(7)17-11/h2-6,10H,16H2,1H3. The molecule has 1 aromatic heterocycles. The third-order valence-corrected chi connectivity index (χ3v) is 2.60. The van der Waals surface area contributed by atoms with E-state index in [9.17, 15) is 13.2 Å². The van der Waals surface area contributed by atoms with Crippen LogP contribution in [0, 0.1) is 0 Å². The minimum Gasteiger partial charge on any atom is -0.481 e. The van der Waals surface area contributed by atoms with E-state index in [1.807, 2.05) is 0 Å².